The molecular formula is C21H28N4O2. The quantitative estimate of drug-likeness (QED) is 0.812. The van der Waals surface area contributed by atoms with Gasteiger partial charge in [0.25, 0.3) is 0 Å². The molecule has 6 heteroatoms. The lowest BCUT2D eigenvalue weighted by atomic mass is 9.94. The van der Waals surface area contributed by atoms with Gasteiger partial charge in [0.15, 0.2) is 5.82 Å². The van der Waals surface area contributed by atoms with Crippen molar-refractivity contribution in [1.29, 1.82) is 0 Å². The second kappa shape index (κ2) is 8.21. The second-order valence-corrected chi connectivity index (χ2v) is 7.84. The average Bonchev–Trinajstić information content (AvgIpc) is 3.31. The smallest absolute Gasteiger partial charge is 0.239 e. The fraction of sp³-hybridized carbons (Fsp3) is 0.571. The number of likely N-dealkylation sites (tertiary alicyclic amines) is 2. The molecule has 0 aliphatic carbocycles. The Morgan fingerprint density at radius 1 is 1.19 bits per heavy atom. The van der Waals surface area contributed by atoms with E-state index in [1.807, 2.05) is 13.0 Å². The summed E-state index contributed by atoms with van der Waals surface area (Å²) in [5.41, 5.74) is 1.28. The molecule has 0 N–H and O–H groups in total. The van der Waals surface area contributed by atoms with Gasteiger partial charge >= 0.3 is 0 Å². The molecule has 0 bridgehead atoms. The molecular weight excluding hydrogens is 340 g/mol. The van der Waals surface area contributed by atoms with Gasteiger partial charge in [-0.2, -0.15) is 4.98 Å². The monoisotopic (exact) mass is 368 g/mol. The van der Waals surface area contributed by atoms with Gasteiger partial charge in [-0.25, -0.2) is 0 Å². The van der Waals surface area contributed by atoms with Gasteiger partial charge < -0.3 is 9.42 Å². The zero-order valence-electron chi connectivity index (χ0n) is 16.0. The molecule has 2 aliphatic heterocycles. The zero-order chi connectivity index (χ0) is 18.6. The van der Waals surface area contributed by atoms with Crippen LogP contribution in [0, 0.1) is 12.8 Å². The summed E-state index contributed by atoms with van der Waals surface area (Å²) in [6.45, 7) is 5.36. The van der Waals surface area contributed by atoms with E-state index >= 15 is 0 Å². The van der Waals surface area contributed by atoms with E-state index in [1.54, 1.807) is 0 Å². The van der Waals surface area contributed by atoms with E-state index < -0.39 is 0 Å². The molecule has 3 heterocycles. The number of hydrogen-bond donors (Lipinski definition) is 0. The Morgan fingerprint density at radius 3 is 2.78 bits per heavy atom. The maximum atomic E-state index is 13.2. The number of hydrogen-bond acceptors (Lipinski definition) is 5. The molecule has 1 aromatic carbocycles. The minimum absolute atomic E-state index is 0.0244. The Balaban J connectivity index is 1.37. The summed E-state index contributed by atoms with van der Waals surface area (Å²) in [7, 11) is 0. The molecule has 27 heavy (non-hydrogen) atoms. The zero-order valence-corrected chi connectivity index (χ0v) is 16.0. The molecule has 0 spiro atoms. The Morgan fingerprint density at radius 2 is 2.00 bits per heavy atom. The number of aryl methyl sites for hydroxylation is 1. The van der Waals surface area contributed by atoms with Crippen LogP contribution in [0.4, 0.5) is 0 Å². The third kappa shape index (κ3) is 4.38. The van der Waals surface area contributed by atoms with Crippen molar-refractivity contribution in [3.63, 3.8) is 0 Å². The molecule has 1 amide bonds. The molecule has 4 rings (SSSR count). The number of rotatable bonds is 5. The summed E-state index contributed by atoms with van der Waals surface area (Å²) in [4.78, 5) is 22.0. The lowest BCUT2D eigenvalue weighted by Crippen LogP contribution is -2.49. The fourth-order valence-corrected chi connectivity index (χ4v) is 4.44. The van der Waals surface area contributed by atoms with Crippen molar-refractivity contribution in [2.24, 2.45) is 5.92 Å². The minimum atomic E-state index is 0.0244. The molecule has 1 aromatic heterocycles. The van der Waals surface area contributed by atoms with Crippen molar-refractivity contribution in [3.8, 4) is 0 Å². The maximum absolute atomic E-state index is 13.2. The highest BCUT2D eigenvalue weighted by atomic mass is 16.5. The van der Waals surface area contributed by atoms with Crippen molar-refractivity contribution >= 4 is 5.91 Å². The van der Waals surface area contributed by atoms with Gasteiger partial charge in [0, 0.05) is 33.0 Å². The van der Waals surface area contributed by atoms with Gasteiger partial charge in [-0.3, -0.25) is 9.69 Å². The highest BCUT2D eigenvalue weighted by Gasteiger charge is 2.35. The first-order valence-corrected chi connectivity index (χ1v) is 10.0. The Kier molecular flexibility index (Phi) is 5.53. The summed E-state index contributed by atoms with van der Waals surface area (Å²) in [5, 5.41) is 4.02. The number of carbonyl (C=O) groups is 1. The molecule has 2 fully saturated rings. The molecule has 2 saturated heterocycles. The Labute approximate surface area is 160 Å². The van der Waals surface area contributed by atoms with Gasteiger partial charge in [-0.05, 0) is 43.7 Å². The van der Waals surface area contributed by atoms with Crippen molar-refractivity contribution in [1.82, 2.24) is 19.9 Å². The molecule has 144 valence electrons. The van der Waals surface area contributed by atoms with Crippen molar-refractivity contribution in [2.45, 2.75) is 51.6 Å². The first-order valence-electron chi connectivity index (χ1n) is 10.0. The minimum Gasteiger partial charge on any atom is -0.341 e. The van der Waals surface area contributed by atoms with Crippen LogP contribution in [0.2, 0.25) is 0 Å². The predicted octanol–water partition coefficient (Wildman–Crippen LogP) is 2.82. The van der Waals surface area contributed by atoms with Gasteiger partial charge in [-0.15, -0.1) is 0 Å². The van der Waals surface area contributed by atoms with E-state index in [0.29, 0.717) is 17.7 Å². The van der Waals surface area contributed by atoms with Crippen LogP contribution >= 0.6 is 0 Å². The summed E-state index contributed by atoms with van der Waals surface area (Å²) in [5.74, 6) is 2.09. The highest BCUT2D eigenvalue weighted by Crippen LogP contribution is 2.26. The average molecular weight is 368 g/mol. The number of aromatic nitrogens is 2. The SMILES string of the molecule is Cc1nc(CC2CCCN(C(=O)C3CCCN3Cc3ccccc3)C2)no1. The number of piperidine rings is 1. The molecule has 2 unspecified atom stereocenters. The van der Waals surface area contributed by atoms with Crippen molar-refractivity contribution < 1.29 is 9.32 Å². The van der Waals surface area contributed by atoms with E-state index in [-0.39, 0.29) is 6.04 Å². The summed E-state index contributed by atoms with van der Waals surface area (Å²) < 4.78 is 5.08. The predicted molar refractivity (Wildman–Crippen MR) is 102 cm³/mol. The maximum Gasteiger partial charge on any atom is 0.239 e. The van der Waals surface area contributed by atoms with Gasteiger partial charge in [0.05, 0.1) is 6.04 Å². The van der Waals surface area contributed by atoms with Crippen LogP contribution in [0.5, 0.6) is 0 Å². The molecule has 2 aromatic rings. The largest absolute Gasteiger partial charge is 0.341 e. The lowest BCUT2D eigenvalue weighted by Gasteiger charge is -2.36. The van der Waals surface area contributed by atoms with Crippen LogP contribution in [-0.4, -0.2) is 51.5 Å². The fourth-order valence-electron chi connectivity index (χ4n) is 4.44. The van der Waals surface area contributed by atoms with E-state index in [0.717, 1.165) is 64.1 Å². The number of amides is 1. The second-order valence-electron chi connectivity index (χ2n) is 7.84. The van der Waals surface area contributed by atoms with E-state index in [1.165, 1.54) is 5.56 Å². The highest BCUT2D eigenvalue weighted by molar-refractivity contribution is 5.82. The van der Waals surface area contributed by atoms with Crippen LogP contribution in [0.3, 0.4) is 0 Å². The number of benzene rings is 1. The Hall–Kier alpha value is -2.21. The molecule has 2 aliphatic rings. The normalized spacial score (nSPS) is 23.7. The Bertz CT molecular complexity index is 761. The van der Waals surface area contributed by atoms with Crippen LogP contribution < -0.4 is 0 Å². The third-order valence-corrected chi connectivity index (χ3v) is 5.75. The first-order chi connectivity index (χ1) is 13.2. The summed E-state index contributed by atoms with van der Waals surface area (Å²) >= 11 is 0. The van der Waals surface area contributed by atoms with Crippen LogP contribution in [0.1, 0.15) is 43.0 Å². The van der Waals surface area contributed by atoms with Crippen LogP contribution in [-0.2, 0) is 17.8 Å². The standard InChI is InChI=1S/C21H28N4O2/c1-16-22-20(23-27-16)13-18-9-5-12-25(15-18)21(26)19-10-6-11-24(19)14-17-7-3-2-4-8-17/h2-4,7-8,18-19H,5-6,9-15H2,1H3. The van der Waals surface area contributed by atoms with Crippen molar-refractivity contribution in [2.75, 3.05) is 19.6 Å². The van der Waals surface area contributed by atoms with E-state index in [9.17, 15) is 4.79 Å². The van der Waals surface area contributed by atoms with Crippen LogP contribution in [0.25, 0.3) is 0 Å². The summed E-state index contributed by atoms with van der Waals surface area (Å²) in [6, 6.07) is 10.5. The van der Waals surface area contributed by atoms with Crippen molar-refractivity contribution in [3.05, 3.63) is 47.6 Å². The lowest BCUT2D eigenvalue weighted by molar-refractivity contribution is -0.138. The molecule has 0 radical (unpaired) electrons. The topological polar surface area (TPSA) is 62.5 Å². The third-order valence-electron chi connectivity index (χ3n) is 5.75. The van der Waals surface area contributed by atoms with Crippen LogP contribution in [0.15, 0.2) is 34.9 Å². The molecule has 0 saturated carbocycles. The van der Waals surface area contributed by atoms with E-state index in [4.69, 9.17) is 4.52 Å². The number of carbonyl (C=O) groups excluding carboxylic acids is 1. The van der Waals surface area contributed by atoms with Gasteiger partial charge in [-0.1, -0.05) is 35.5 Å². The first kappa shape index (κ1) is 18.2. The molecule has 2 atom stereocenters. The summed E-state index contributed by atoms with van der Waals surface area (Å²) in [6.07, 6.45) is 5.04. The van der Waals surface area contributed by atoms with Gasteiger partial charge in [0.2, 0.25) is 11.8 Å². The van der Waals surface area contributed by atoms with E-state index in [2.05, 4.69) is 44.2 Å². The van der Waals surface area contributed by atoms with Gasteiger partial charge in [0.1, 0.15) is 0 Å². The number of nitrogens with zero attached hydrogens (tertiary/aromatic N) is 4. The molecule has 6 nitrogen and oxygen atoms in total.